The van der Waals surface area contributed by atoms with E-state index in [1.165, 1.54) is 11.1 Å². The number of guanidine groups is 1. The third-order valence-electron chi connectivity index (χ3n) is 4.99. The Morgan fingerprint density at radius 2 is 1.45 bits per heavy atom. The average Bonchev–Trinajstić information content (AvgIpc) is 2.81. The number of nitrogens with zero attached hydrogens (tertiary/aromatic N) is 2. The van der Waals surface area contributed by atoms with Gasteiger partial charge in [-0.25, -0.2) is 0 Å². The summed E-state index contributed by atoms with van der Waals surface area (Å²) in [6, 6.07) is 24.8. The van der Waals surface area contributed by atoms with Gasteiger partial charge in [0.25, 0.3) is 0 Å². The molecule has 1 aromatic heterocycles. The molecule has 0 saturated heterocycles. The Hall–Kier alpha value is -2.45. The fourth-order valence-electron chi connectivity index (χ4n) is 3.44. The van der Waals surface area contributed by atoms with Gasteiger partial charge in [-0.3, -0.25) is 9.98 Å². The van der Waals surface area contributed by atoms with Gasteiger partial charge in [0.05, 0.1) is 12.6 Å². The van der Waals surface area contributed by atoms with E-state index in [1.54, 1.807) is 12.4 Å². The van der Waals surface area contributed by atoms with Crippen molar-refractivity contribution in [1.82, 2.24) is 15.6 Å². The van der Waals surface area contributed by atoms with E-state index in [4.69, 9.17) is 0 Å². The highest BCUT2D eigenvalue weighted by Crippen LogP contribution is 2.27. The third-order valence-corrected chi connectivity index (χ3v) is 4.99. The van der Waals surface area contributed by atoms with Gasteiger partial charge in [0.15, 0.2) is 5.96 Å². The lowest BCUT2D eigenvalue weighted by Gasteiger charge is -2.19. The molecule has 1 heterocycles. The van der Waals surface area contributed by atoms with Crippen molar-refractivity contribution in [2.24, 2.45) is 4.99 Å². The lowest BCUT2D eigenvalue weighted by molar-refractivity contribution is 0.187. The zero-order valence-corrected chi connectivity index (χ0v) is 20.1. The number of aromatic nitrogens is 1. The minimum absolute atomic E-state index is 0. The lowest BCUT2D eigenvalue weighted by Crippen LogP contribution is -2.38. The van der Waals surface area contributed by atoms with Crippen LogP contribution in [-0.4, -0.2) is 35.7 Å². The van der Waals surface area contributed by atoms with Gasteiger partial charge in [-0.15, -0.1) is 24.0 Å². The summed E-state index contributed by atoms with van der Waals surface area (Å²) in [6.07, 6.45) is 3.65. The molecule has 31 heavy (non-hydrogen) atoms. The van der Waals surface area contributed by atoms with Crippen LogP contribution in [-0.2, 0) is 0 Å². The van der Waals surface area contributed by atoms with Crippen molar-refractivity contribution in [1.29, 1.82) is 0 Å². The molecule has 0 aliphatic rings. The van der Waals surface area contributed by atoms with Crippen LogP contribution in [0.2, 0.25) is 0 Å². The molecule has 0 aliphatic heterocycles. The van der Waals surface area contributed by atoms with E-state index in [0.717, 1.165) is 25.1 Å². The highest BCUT2D eigenvalue weighted by Gasteiger charge is 2.14. The van der Waals surface area contributed by atoms with Crippen molar-refractivity contribution >= 4 is 29.9 Å². The van der Waals surface area contributed by atoms with Gasteiger partial charge in [0.2, 0.25) is 0 Å². The number of pyridine rings is 1. The molecule has 2 aromatic carbocycles. The number of nitrogens with one attached hydrogen (secondary N) is 2. The Bertz CT molecular complexity index is 852. The van der Waals surface area contributed by atoms with Gasteiger partial charge in [0.1, 0.15) is 0 Å². The monoisotopic (exact) mass is 530 g/mol. The molecule has 0 bridgehead atoms. The zero-order chi connectivity index (χ0) is 21.0. The minimum atomic E-state index is -0.648. The van der Waals surface area contributed by atoms with Crippen LogP contribution in [0.25, 0.3) is 0 Å². The molecule has 3 rings (SSSR count). The van der Waals surface area contributed by atoms with Gasteiger partial charge < -0.3 is 15.7 Å². The van der Waals surface area contributed by atoms with E-state index in [9.17, 15) is 5.11 Å². The first-order chi connectivity index (χ1) is 14.8. The number of rotatable bonds is 9. The standard InChI is InChI=1S/C25H30N4O.HI/c1-2-27-25(29-19-24(30)22-13-16-26-17-14-22)28-18-15-23(20-9-5-3-6-10-20)21-11-7-4-8-12-21;/h3-14,16-17,23-24,30H,2,15,18-19H2,1H3,(H2,27,28,29);1H. The number of halogens is 1. The number of aliphatic hydroxyl groups excluding tert-OH is 1. The van der Waals surface area contributed by atoms with Crippen LogP contribution in [0.5, 0.6) is 0 Å². The van der Waals surface area contributed by atoms with Crippen molar-refractivity contribution in [2.75, 3.05) is 19.6 Å². The second kappa shape index (κ2) is 13.8. The van der Waals surface area contributed by atoms with Crippen molar-refractivity contribution < 1.29 is 5.11 Å². The SMILES string of the molecule is CCNC(=NCC(O)c1ccncc1)NCCC(c1ccccc1)c1ccccc1.I. The van der Waals surface area contributed by atoms with Crippen molar-refractivity contribution in [3.63, 3.8) is 0 Å². The normalized spacial score (nSPS) is 12.2. The summed E-state index contributed by atoms with van der Waals surface area (Å²) in [6.45, 7) is 3.86. The van der Waals surface area contributed by atoms with Gasteiger partial charge in [-0.2, -0.15) is 0 Å². The first kappa shape index (κ1) is 24.8. The topological polar surface area (TPSA) is 69.5 Å². The number of hydrogen-bond donors (Lipinski definition) is 3. The van der Waals surface area contributed by atoms with Crippen LogP contribution in [0.4, 0.5) is 0 Å². The molecule has 0 saturated carbocycles. The van der Waals surface area contributed by atoms with Crippen LogP contribution in [0, 0.1) is 0 Å². The number of aliphatic imine (C=N–C) groups is 1. The van der Waals surface area contributed by atoms with E-state index < -0.39 is 6.10 Å². The van der Waals surface area contributed by atoms with Crippen LogP contribution >= 0.6 is 24.0 Å². The van der Waals surface area contributed by atoms with E-state index in [-0.39, 0.29) is 24.0 Å². The molecule has 0 aliphatic carbocycles. The summed E-state index contributed by atoms with van der Waals surface area (Å²) in [5.74, 6) is 1.02. The Balaban J connectivity index is 0.00000341. The maximum absolute atomic E-state index is 10.4. The van der Waals surface area contributed by atoms with Crippen LogP contribution in [0.15, 0.2) is 90.2 Å². The second-order valence-corrected chi connectivity index (χ2v) is 7.11. The third kappa shape index (κ3) is 7.95. The van der Waals surface area contributed by atoms with E-state index in [2.05, 4.69) is 69.1 Å². The first-order valence-corrected chi connectivity index (χ1v) is 10.5. The first-order valence-electron chi connectivity index (χ1n) is 10.5. The Kier molecular flexibility index (Phi) is 11.0. The summed E-state index contributed by atoms with van der Waals surface area (Å²) < 4.78 is 0. The number of benzene rings is 2. The summed E-state index contributed by atoms with van der Waals surface area (Å²) in [5.41, 5.74) is 3.43. The Morgan fingerprint density at radius 1 is 0.871 bits per heavy atom. The number of aliphatic hydroxyl groups is 1. The van der Waals surface area contributed by atoms with Crippen molar-refractivity contribution in [3.05, 3.63) is 102 Å². The highest BCUT2D eigenvalue weighted by atomic mass is 127. The van der Waals surface area contributed by atoms with Gasteiger partial charge >= 0.3 is 0 Å². The van der Waals surface area contributed by atoms with Crippen LogP contribution < -0.4 is 10.6 Å². The molecule has 0 radical (unpaired) electrons. The second-order valence-electron chi connectivity index (χ2n) is 7.11. The van der Waals surface area contributed by atoms with Gasteiger partial charge in [-0.1, -0.05) is 60.7 Å². The Labute approximate surface area is 202 Å². The van der Waals surface area contributed by atoms with Gasteiger partial charge in [0, 0.05) is 31.4 Å². The lowest BCUT2D eigenvalue weighted by atomic mass is 9.88. The molecule has 5 nitrogen and oxygen atoms in total. The molecule has 3 aromatic rings. The summed E-state index contributed by atoms with van der Waals surface area (Å²) in [4.78, 5) is 8.54. The average molecular weight is 530 g/mol. The smallest absolute Gasteiger partial charge is 0.191 e. The largest absolute Gasteiger partial charge is 0.386 e. The van der Waals surface area contributed by atoms with Crippen molar-refractivity contribution in [2.45, 2.75) is 25.4 Å². The van der Waals surface area contributed by atoms with Crippen LogP contribution in [0.3, 0.4) is 0 Å². The minimum Gasteiger partial charge on any atom is -0.386 e. The molecular weight excluding hydrogens is 499 g/mol. The summed E-state index contributed by atoms with van der Waals surface area (Å²) in [5, 5.41) is 17.0. The van der Waals surface area contributed by atoms with Gasteiger partial charge in [-0.05, 0) is 42.2 Å². The molecule has 0 amide bonds. The van der Waals surface area contributed by atoms with Crippen molar-refractivity contribution in [3.8, 4) is 0 Å². The van der Waals surface area contributed by atoms with E-state index in [0.29, 0.717) is 18.4 Å². The molecule has 1 atom stereocenters. The summed E-state index contributed by atoms with van der Waals surface area (Å²) in [7, 11) is 0. The highest BCUT2D eigenvalue weighted by molar-refractivity contribution is 14.0. The van der Waals surface area contributed by atoms with Crippen LogP contribution in [0.1, 0.15) is 42.1 Å². The zero-order valence-electron chi connectivity index (χ0n) is 17.8. The predicted octanol–water partition coefficient (Wildman–Crippen LogP) is 4.51. The maximum atomic E-state index is 10.4. The quantitative estimate of drug-likeness (QED) is 0.216. The Morgan fingerprint density at radius 3 is 2.00 bits per heavy atom. The molecule has 3 N–H and O–H groups in total. The maximum Gasteiger partial charge on any atom is 0.191 e. The molecule has 6 heteroatoms. The van der Waals surface area contributed by atoms with E-state index in [1.807, 2.05) is 31.2 Å². The molecule has 0 spiro atoms. The summed E-state index contributed by atoms with van der Waals surface area (Å²) >= 11 is 0. The predicted molar refractivity (Wildman–Crippen MR) is 138 cm³/mol. The molecule has 164 valence electrons. The van der Waals surface area contributed by atoms with E-state index >= 15 is 0 Å². The fraction of sp³-hybridized carbons (Fsp3) is 0.280. The molecular formula is C25H31IN4O. The molecule has 0 fully saturated rings. The number of hydrogen-bond acceptors (Lipinski definition) is 3. The molecule has 1 unspecified atom stereocenters. The fourth-order valence-corrected chi connectivity index (χ4v) is 3.44.